The Morgan fingerprint density at radius 1 is 1.47 bits per heavy atom. The van der Waals surface area contributed by atoms with Crippen LogP contribution in [0.1, 0.15) is 25.3 Å². The molecule has 1 aromatic carbocycles. The van der Waals surface area contributed by atoms with Gasteiger partial charge in [0.2, 0.25) is 5.91 Å². The molecule has 0 aromatic heterocycles. The predicted molar refractivity (Wildman–Crippen MR) is 69.6 cm³/mol. The lowest BCUT2D eigenvalue weighted by Gasteiger charge is -2.07. The van der Waals surface area contributed by atoms with Gasteiger partial charge in [0, 0.05) is 13.0 Å². The molecule has 0 heterocycles. The van der Waals surface area contributed by atoms with Crippen molar-refractivity contribution < 1.29 is 9.53 Å². The molecule has 3 nitrogen and oxygen atoms in total. The van der Waals surface area contributed by atoms with E-state index in [0.29, 0.717) is 23.7 Å². The summed E-state index contributed by atoms with van der Waals surface area (Å²) in [6.45, 7) is 2.63. The summed E-state index contributed by atoms with van der Waals surface area (Å²) in [6.07, 6.45) is 2.24. The van der Waals surface area contributed by atoms with E-state index in [1.165, 1.54) is 0 Å². The van der Waals surface area contributed by atoms with Crippen molar-refractivity contribution in [3.05, 3.63) is 28.8 Å². The molecular weight excluding hydrogens is 238 g/mol. The first-order valence-electron chi connectivity index (χ1n) is 5.76. The van der Waals surface area contributed by atoms with Crippen LogP contribution in [0.4, 0.5) is 0 Å². The van der Waals surface area contributed by atoms with Gasteiger partial charge in [0.1, 0.15) is 5.75 Å². The summed E-state index contributed by atoms with van der Waals surface area (Å²) in [5, 5.41) is 3.47. The van der Waals surface area contributed by atoms with Gasteiger partial charge in [0.05, 0.1) is 12.1 Å². The number of carbonyl (C=O) groups is 1. The number of nitrogens with one attached hydrogen (secondary N) is 1. The molecule has 0 spiro atoms. The van der Waals surface area contributed by atoms with Gasteiger partial charge >= 0.3 is 0 Å². The fourth-order valence-electron chi connectivity index (χ4n) is 1.53. The average molecular weight is 256 g/mol. The molecule has 0 bridgehead atoms. The van der Waals surface area contributed by atoms with E-state index in [9.17, 15) is 4.79 Å². The molecule has 0 atom stereocenters. The first kappa shape index (κ1) is 13.8. The number of ether oxygens (including phenoxy) is 1. The maximum Gasteiger partial charge on any atom is 0.219 e. The Labute approximate surface area is 107 Å². The number of halogens is 1. The smallest absolute Gasteiger partial charge is 0.219 e. The molecule has 0 unspecified atom stereocenters. The third-order valence-electron chi connectivity index (χ3n) is 2.43. The lowest BCUT2D eigenvalue weighted by atomic mass is 10.1. The van der Waals surface area contributed by atoms with E-state index in [1.54, 1.807) is 7.11 Å². The highest BCUT2D eigenvalue weighted by molar-refractivity contribution is 6.32. The summed E-state index contributed by atoms with van der Waals surface area (Å²) in [6, 6.07) is 5.66. The molecule has 94 valence electrons. The lowest BCUT2D eigenvalue weighted by molar-refractivity contribution is -0.121. The second-order valence-corrected chi connectivity index (χ2v) is 4.23. The Hall–Kier alpha value is -1.22. The lowest BCUT2D eigenvalue weighted by Crippen LogP contribution is -2.25. The highest BCUT2D eigenvalue weighted by Gasteiger charge is 2.02. The van der Waals surface area contributed by atoms with Crippen molar-refractivity contribution in [1.82, 2.24) is 5.32 Å². The van der Waals surface area contributed by atoms with Gasteiger partial charge in [-0.25, -0.2) is 0 Å². The highest BCUT2D eigenvalue weighted by Crippen LogP contribution is 2.24. The number of methoxy groups -OCH3 is 1. The van der Waals surface area contributed by atoms with Gasteiger partial charge in [0.25, 0.3) is 0 Å². The SMILES string of the molecule is CCCC(=O)NCCc1ccc(OC)c(Cl)c1. The number of rotatable bonds is 6. The molecule has 4 heteroatoms. The Morgan fingerprint density at radius 3 is 2.82 bits per heavy atom. The zero-order valence-electron chi connectivity index (χ0n) is 10.3. The van der Waals surface area contributed by atoms with Crippen molar-refractivity contribution in [3.63, 3.8) is 0 Å². The van der Waals surface area contributed by atoms with Crippen molar-refractivity contribution in [3.8, 4) is 5.75 Å². The van der Waals surface area contributed by atoms with E-state index in [-0.39, 0.29) is 5.91 Å². The third kappa shape index (κ3) is 4.65. The van der Waals surface area contributed by atoms with Crippen LogP contribution in [-0.2, 0) is 11.2 Å². The summed E-state index contributed by atoms with van der Waals surface area (Å²) in [7, 11) is 1.59. The van der Waals surface area contributed by atoms with Gasteiger partial charge in [-0.1, -0.05) is 24.6 Å². The van der Waals surface area contributed by atoms with Crippen molar-refractivity contribution in [2.45, 2.75) is 26.2 Å². The minimum absolute atomic E-state index is 0.104. The first-order chi connectivity index (χ1) is 8.17. The van der Waals surface area contributed by atoms with E-state index in [0.717, 1.165) is 18.4 Å². The quantitative estimate of drug-likeness (QED) is 0.849. The molecule has 0 fully saturated rings. The molecular formula is C13H18ClNO2. The standard InChI is InChI=1S/C13H18ClNO2/c1-3-4-13(16)15-8-7-10-5-6-12(17-2)11(14)9-10/h5-6,9H,3-4,7-8H2,1-2H3,(H,15,16). The van der Waals surface area contributed by atoms with E-state index in [4.69, 9.17) is 16.3 Å². The summed E-state index contributed by atoms with van der Waals surface area (Å²) in [4.78, 5) is 11.2. The van der Waals surface area contributed by atoms with Gasteiger partial charge in [-0.15, -0.1) is 0 Å². The fraction of sp³-hybridized carbons (Fsp3) is 0.462. The molecule has 1 N–H and O–H groups in total. The van der Waals surface area contributed by atoms with Crippen molar-refractivity contribution >= 4 is 17.5 Å². The Bertz CT molecular complexity index is 380. The molecule has 0 aliphatic heterocycles. The second kappa shape index (κ2) is 7.17. The van der Waals surface area contributed by atoms with Crippen LogP contribution in [0.2, 0.25) is 5.02 Å². The second-order valence-electron chi connectivity index (χ2n) is 3.82. The number of hydrogen-bond donors (Lipinski definition) is 1. The van der Waals surface area contributed by atoms with Crippen LogP contribution in [0.25, 0.3) is 0 Å². The molecule has 0 saturated heterocycles. The summed E-state index contributed by atoms with van der Waals surface area (Å²) in [5.74, 6) is 0.776. The molecule has 0 aliphatic carbocycles. The van der Waals surface area contributed by atoms with Crippen LogP contribution in [0, 0.1) is 0 Å². The van der Waals surface area contributed by atoms with E-state index in [2.05, 4.69) is 5.32 Å². The first-order valence-corrected chi connectivity index (χ1v) is 6.14. The average Bonchev–Trinajstić information content (AvgIpc) is 2.29. The van der Waals surface area contributed by atoms with Crippen LogP contribution in [0.3, 0.4) is 0 Å². The Balaban J connectivity index is 2.42. The maximum atomic E-state index is 11.2. The molecule has 17 heavy (non-hydrogen) atoms. The molecule has 1 amide bonds. The topological polar surface area (TPSA) is 38.3 Å². The highest BCUT2D eigenvalue weighted by atomic mass is 35.5. The fourth-order valence-corrected chi connectivity index (χ4v) is 1.81. The molecule has 1 rings (SSSR count). The van der Waals surface area contributed by atoms with Gasteiger partial charge in [-0.05, 0) is 30.5 Å². The van der Waals surface area contributed by atoms with Gasteiger partial charge in [-0.2, -0.15) is 0 Å². The predicted octanol–water partition coefficient (Wildman–Crippen LogP) is 2.81. The van der Waals surface area contributed by atoms with Crippen molar-refractivity contribution in [2.24, 2.45) is 0 Å². The van der Waals surface area contributed by atoms with E-state index >= 15 is 0 Å². The van der Waals surface area contributed by atoms with Gasteiger partial charge in [-0.3, -0.25) is 4.79 Å². The largest absolute Gasteiger partial charge is 0.495 e. The minimum Gasteiger partial charge on any atom is -0.495 e. The minimum atomic E-state index is 0.104. The summed E-state index contributed by atoms with van der Waals surface area (Å²) >= 11 is 6.01. The zero-order chi connectivity index (χ0) is 12.7. The molecule has 0 aliphatic rings. The zero-order valence-corrected chi connectivity index (χ0v) is 11.0. The maximum absolute atomic E-state index is 11.2. The summed E-state index contributed by atoms with van der Waals surface area (Å²) in [5.41, 5.74) is 1.09. The van der Waals surface area contributed by atoms with E-state index < -0.39 is 0 Å². The molecule has 0 saturated carbocycles. The van der Waals surface area contributed by atoms with Crippen molar-refractivity contribution in [1.29, 1.82) is 0 Å². The van der Waals surface area contributed by atoms with Crippen molar-refractivity contribution in [2.75, 3.05) is 13.7 Å². The van der Waals surface area contributed by atoms with Crippen LogP contribution in [-0.4, -0.2) is 19.6 Å². The number of benzene rings is 1. The summed E-state index contributed by atoms with van der Waals surface area (Å²) < 4.78 is 5.07. The number of amides is 1. The molecule has 1 aromatic rings. The van der Waals surface area contributed by atoms with E-state index in [1.807, 2.05) is 25.1 Å². The third-order valence-corrected chi connectivity index (χ3v) is 2.72. The number of hydrogen-bond acceptors (Lipinski definition) is 2. The number of carbonyl (C=O) groups excluding carboxylic acids is 1. The van der Waals surface area contributed by atoms with Crippen LogP contribution in [0.5, 0.6) is 5.75 Å². The Kier molecular flexibility index (Phi) is 5.84. The normalized spacial score (nSPS) is 10.1. The van der Waals surface area contributed by atoms with Crippen LogP contribution >= 0.6 is 11.6 Å². The Morgan fingerprint density at radius 2 is 2.24 bits per heavy atom. The van der Waals surface area contributed by atoms with Gasteiger partial charge in [0.15, 0.2) is 0 Å². The molecule has 0 radical (unpaired) electrons. The monoisotopic (exact) mass is 255 g/mol. The van der Waals surface area contributed by atoms with Crippen LogP contribution in [0.15, 0.2) is 18.2 Å². The van der Waals surface area contributed by atoms with Gasteiger partial charge < -0.3 is 10.1 Å². The van der Waals surface area contributed by atoms with Crippen LogP contribution < -0.4 is 10.1 Å².